The topological polar surface area (TPSA) is 37.9 Å². The van der Waals surface area contributed by atoms with E-state index in [1.165, 1.54) is 0 Å². The van der Waals surface area contributed by atoms with Crippen LogP contribution in [0.15, 0.2) is 12.1 Å². The lowest BCUT2D eigenvalue weighted by molar-refractivity contribution is -0.136. The van der Waals surface area contributed by atoms with Gasteiger partial charge in [-0.1, -0.05) is 15.9 Å². The summed E-state index contributed by atoms with van der Waals surface area (Å²) in [5.41, 5.74) is -0.402. The third-order valence-corrected chi connectivity index (χ3v) is 4.85. The molecule has 1 saturated heterocycles. The van der Waals surface area contributed by atoms with Crippen LogP contribution in [0, 0.1) is 0 Å². The number of imidazole rings is 1. The van der Waals surface area contributed by atoms with Gasteiger partial charge in [0, 0.05) is 28.8 Å². The molecule has 1 aliphatic heterocycles. The molecule has 2 heterocycles. The van der Waals surface area contributed by atoms with E-state index in [0.717, 1.165) is 17.6 Å². The van der Waals surface area contributed by atoms with Crippen molar-refractivity contribution in [3.63, 3.8) is 0 Å². The SMILES string of the molecule is FC(F)(F)c1cc(OCCBr)cc2[nH]c(C3CSC3)nc12. The van der Waals surface area contributed by atoms with Crippen LogP contribution in [0.5, 0.6) is 5.75 Å². The molecule has 0 radical (unpaired) electrons. The summed E-state index contributed by atoms with van der Waals surface area (Å²) in [5, 5.41) is 0.555. The van der Waals surface area contributed by atoms with E-state index in [-0.39, 0.29) is 17.2 Å². The van der Waals surface area contributed by atoms with Crippen molar-refractivity contribution in [1.82, 2.24) is 9.97 Å². The maximum absolute atomic E-state index is 13.2. The zero-order valence-electron chi connectivity index (χ0n) is 10.8. The van der Waals surface area contributed by atoms with Crippen LogP contribution in [0.4, 0.5) is 13.2 Å². The molecule has 0 amide bonds. The van der Waals surface area contributed by atoms with E-state index in [4.69, 9.17) is 4.74 Å². The summed E-state index contributed by atoms with van der Waals surface area (Å²) >= 11 is 4.95. The van der Waals surface area contributed by atoms with Crippen molar-refractivity contribution in [1.29, 1.82) is 0 Å². The van der Waals surface area contributed by atoms with Gasteiger partial charge < -0.3 is 9.72 Å². The minimum Gasteiger partial charge on any atom is -0.493 e. The number of halogens is 4. The number of ether oxygens (including phenoxy) is 1. The number of H-pyrrole nitrogens is 1. The summed E-state index contributed by atoms with van der Waals surface area (Å²) < 4.78 is 44.9. The van der Waals surface area contributed by atoms with Gasteiger partial charge in [0.05, 0.1) is 17.7 Å². The van der Waals surface area contributed by atoms with Crippen LogP contribution in [-0.4, -0.2) is 33.4 Å². The molecule has 0 unspecified atom stereocenters. The van der Waals surface area contributed by atoms with E-state index < -0.39 is 11.7 Å². The number of hydrogen-bond acceptors (Lipinski definition) is 3. The first-order valence-corrected chi connectivity index (χ1v) is 8.64. The summed E-state index contributed by atoms with van der Waals surface area (Å²) in [4.78, 5) is 7.18. The van der Waals surface area contributed by atoms with Crippen molar-refractivity contribution in [2.45, 2.75) is 12.1 Å². The first-order chi connectivity index (χ1) is 9.99. The van der Waals surface area contributed by atoms with Crippen LogP contribution in [0.3, 0.4) is 0 Å². The summed E-state index contributed by atoms with van der Waals surface area (Å²) in [6.45, 7) is 0.309. The number of aromatic amines is 1. The van der Waals surface area contributed by atoms with E-state index in [0.29, 0.717) is 23.3 Å². The Morgan fingerprint density at radius 2 is 2.14 bits per heavy atom. The van der Waals surface area contributed by atoms with Crippen LogP contribution >= 0.6 is 27.7 Å². The van der Waals surface area contributed by atoms with Crippen LogP contribution in [0.2, 0.25) is 0 Å². The van der Waals surface area contributed by atoms with Gasteiger partial charge in [0.15, 0.2) is 0 Å². The van der Waals surface area contributed by atoms with E-state index in [9.17, 15) is 13.2 Å². The fourth-order valence-electron chi connectivity index (χ4n) is 2.15. The minimum atomic E-state index is -4.45. The number of alkyl halides is 4. The van der Waals surface area contributed by atoms with E-state index in [2.05, 4.69) is 25.9 Å². The van der Waals surface area contributed by atoms with Gasteiger partial charge in [0.1, 0.15) is 17.1 Å². The predicted octanol–water partition coefficient (Wildman–Crippen LogP) is 4.19. The zero-order valence-corrected chi connectivity index (χ0v) is 13.2. The first kappa shape index (κ1) is 15.0. The standard InChI is InChI=1S/C13H12BrF3N2OS/c14-1-2-20-8-3-9(13(15,16)17)11-10(4-8)18-12(19-11)7-5-21-6-7/h3-4,7H,1-2,5-6H2,(H,18,19). The van der Waals surface area contributed by atoms with Gasteiger partial charge in [0.25, 0.3) is 0 Å². The average Bonchev–Trinajstić information content (AvgIpc) is 2.74. The monoisotopic (exact) mass is 380 g/mol. The van der Waals surface area contributed by atoms with E-state index in [1.807, 2.05) is 0 Å². The van der Waals surface area contributed by atoms with Crippen molar-refractivity contribution < 1.29 is 17.9 Å². The number of rotatable bonds is 4. The molecule has 2 aromatic rings. The smallest absolute Gasteiger partial charge is 0.418 e. The number of fused-ring (bicyclic) bond motifs is 1. The molecule has 1 N–H and O–H groups in total. The molecule has 21 heavy (non-hydrogen) atoms. The molecule has 0 spiro atoms. The second-order valence-corrected chi connectivity index (χ2v) is 6.63. The molecule has 0 bridgehead atoms. The molecule has 3 nitrogen and oxygen atoms in total. The number of thioether (sulfide) groups is 1. The zero-order chi connectivity index (χ0) is 15.0. The molecular formula is C13H12BrF3N2OS. The van der Waals surface area contributed by atoms with Gasteiger partial charge in [-0.3, -0.25) is 0 Å². The van der Waals surface area contributed by atoms with Crippen molar-refractivity contribution in [2.24, 2.45) is 0 Å². The molecule has 8 heteroatoms. The lowest BCUT2D eigenvalue weighted by Crippen LogP contribution is -2.16. The Morgan fingerprint density at radius 1 is 1.38 bits per heavy atom. The number of nitrogens with zero attached hydrogens (tertiary/aromatic N) is 1. The second-order valence-electron chi connectivity index (χ2n) is 4.76. The van der Waals surface area contributed by atoms with Crippen LogP contribution in [0.1, 0.15) is 17.3 Å². The van der Waals surface area contributed by atoms with Crippen molar-refractivity contribution in [3.05, 3.63) is 23.5 Å². The highest BCUT2D eigenvalue weighted by Crippen LogP contribution is 2.39. The van der Waals surface area contributed by atoms with Gasteiger partial charge >= 0.3 is 6.18 Å². The first-order valence-electron chi connectivity index (χ1n) is 6.36. The normalized spacial score (nSPS) is 16.2. The molecule has 1 aromatic heterocycles. The Labute approximate surface area is 131 Å². The van der Waals surface area contributed by atoms with Crippen LogP contribution in [-0.2, 0) is 6.18 Å². The Hall–Kier alpha value is -0.890. The maximum Gasteiger partial charge on any atom is 0.418 e. The summed E-state index contributed by atoms with van der Waals surface area (Å²) in [6, 6.07) is 2.60. The fourth-order valence-corrected chi connectivity index (χ4v) is 3.10. The van der Waals surface area contributed by atoms with Crippen molar-refractivity contribution in [2.75, 3.05) is 23.4 Å². The summed E-state index contributed by atoms with van der Waals surface area (Å²) in [7, 11) is 0. The van der Waals surface area contributed by atoms with Crippen LogP contribution in [0.25, 0.3) is 11.0 Å². The number of nitrogens with one attached hydrogen (secondary N) is 1. The van der Waals surface area contributed by atoms with Crippen molar-refractivity contribution >= 4 is 38.7 Å². The lowest BCUT2D eigenvalue weighted by Gasteiger charge is -2.22. The fraction of sp³-hybridized carbons (Fsp3) is 0.462. The molecule has 1 aromatic carbocycles. The molecule has 0 aliphatic carbocycles. The van der Waals surface area contributed by atoms with Gasteiger partial charge in [-0.2, -0.15) is 24.9 Å². The minimum absolute atomic E-state index is 0.0272. The third-order valence-electron chi connectivity index (χ3n) is 3.25. The Balaban J connectivity index is 2.07. The van der Waals surface area contributed by atoms with Gasteiger partial charge in [-0.25, -0.2) is 4.98 Å². The van der Waals surface area contributed by atoms with Crippen molar-refractivity contribution in [3.8, 4) is 5.75 Å². The maximum atomic E-state index is 13.2. The molecule has 0 saturated carbocycles. The predicted molar refractivity (Wildman–Crippen MR) is 80.5 cm³/mol. The van der Waals surface area contributed by atoms with Gasteiger partial charge in [0.2, 0.25) is 0 Å². The molecule has 114 valence electrons. The quantitative estimate of drug-likeness (QED) is 0.808. The lowest BCUT2D eigenvalue weighted by atomic mass is 10.1. The Kier molecular flexibility index (Phi) is 4.09. The van der Waals surface area contributed by atoms with Gasteiger partial charge in [-0.15, -0.1) is 0 Å². The number of aromatic nitrogens is 2. The van der Waals surface area contributed by atoms with Gasteiger partial charge in [-0.05, 0) is 6.07 Å². The molecular weight excluding hydrogens is 369 g/mol. The summed E-state index contributed by atoms with van der Waals surface area (Å²) in [5.74, 6) is 2.84. The molecule has 1 aliphatic rings. The van der Waals surface area contributed by atoms with E-state index >= 15 is 0 Å². The highest BCUT2D eigenvalue weighted by Gasteiger charge is 2.35. The average molecular weight is 381 g/mol. The van der Waals surface area contributed by atoms with E-state index in [1.54, 1.807) is 17.8 Å². The molecule has 0 atom stereocenters. The second kappa shape index (κ2) is 5.72. The highest BCUT2D eigenvalue weighted by molar-refractivity contribution is 9.09. The Morgan fingerprint density at radius 3 is 2.71 bits per heavy atom. The molecule has 1 fully saturated rings. The Bertz CT molecular complexity index is 655. The molecule has 3 rings (SSSR count). The highest BCUT2D eigenvalue weighted by atomic mass is 79.9. The third kappa shape index (κ3) is 3.01. The summed E-state index contributed by atoms with van der Waals surface area (Å²) in [6.07, 6.45) is -4.45. The largest absolute Gasteiger partial charge is 0.493 e. The van der Waals surface area contributed by atoms with Crippen LogP contribution < -0.4 is 4.74 Å². The number of hydrogen-bond donors (Lipinski definition) is 1. The number of benzene rings is 1.